The molecule has 1 aliphatic heterocycles. The Labute approximate surface area is 142 Å². The molecule has 0 saturated carbocycles. The van der Waals surface area contributed by atoms with Crippen molar-refractivity contribution in [1.82, 2.24) is 8.61 Å². The van der Waals surface area contributed by atoms with Gasteiger partial charge in [-0.15, -0.1) is 11.8 Å². The highest BCUT2D eigenvalue weighted by Gasteiger charge is 2.32. The number of amides is 1. The zero-order chi connectivity index (χ0) is 17.0. The maximum atomic E-state index is 12.4. The summed E-state index contributed by atoms with van der Waals surface area (Å²) in [5, 5.41) is 2.97. The normalized spacial score (nSPS) is 17.4. The van der Waals surface area contributed by atoms with E-state index in [2.05, 4.69) is 5.32 Å². The molecule has 0 aromatic heterocycles. The number of anilines is 1. The standard InChI is InChI=1S/C15H23N3O3S2/c1-17(2)23(20,21)18-10-8-12(9-11-18)15(19)16-13-6-4-5-7-14(13)22-3/h4-7,12H,8-11H2,1-3H3,(H,16,19). The van der Waals surface area contributed by atoms with E-state index in [1.807, 2.05) is 30.5 Å². The second-order valence-electron chi connectivity index (χ2n) is 5.65. The molecule has 1 amide bonds. The van der Waals surface area contributed by atoms with Crippen molar-refractivity contribution in [2.45, 2.75) is 17.7 Å². The van der Waals surface area contributed by atoms with Gasteiger partial charge in [0.2, 0.25) is 5.91 Å². The zero-order valence-electron chi connectivity index (χ0n) is 13.7. The van der Waals surface area contributed by atoms with E-state index in [9.17, 15) is 13.2 Å². The smallest absolute Gasteiger partial charge is 0.281 e. The van der Waals surface area contributed by atoms with Gasteiger partial charge in [-0.05, 0) is 31.2 Å². The first-order chi connectivity index (χ1) is 10.9. The van der Waals surface area contributed by atoms with Gasteiger partial charge in [-0.3, -0.25) is 4.79 Å². The van der Waals surface area contributed by atoms with Gasteiger partial charge in [0.05, 0.1) is 5.69 Å². The number of rotatable bonds is 5. The van der Waals surface area contributed by atoms with Gasteiger partial charge >= 0.3 is 0 Å². The molecule has 0 aliphatic carbocycles. The highest BCUT2D eigenvalue weighted by Crippen LogP contribution is 2.27. The molecule has 1 aliphatic rings. The summed E-state index contributed by atoms with van der Waals surface area (Å²) in [4.78, 5) is 13.4. The van der Waals surface area contributed by atoms with E-state index < -0.39 is 10.2 Å². The summed E-state index contributed by atoms with van der Waals surface area (Å²) in [6.45, 7) is 0.756. The quantitative estimate of drug-likeness (QED) is 0.817. The predicted octanol–water partition coefficient (Wildman–Crippen LogP) is 1.87. The summed E-state index contributed by atoms with van der Waals surface area (Å²) < 4.78 is 26.8. The molecule has 1 heterocycles. The van der Waals surface area contributed by atoms with Crippen LogP contribution in [0.5, 0.6) is 0 Å². The van der Waals surface area contributed by atoms with E-state index in [1.54, 1.807) is 11.8 Å². The Bertz CT molecular complexity index is 654. The molecule has 0 bridgehead atoms. The largest absolute Gasteiger partial charge is 0.325 e. The molecule has 1 fully saturated rings. The Morgan fingerprint density at radius 2 is 1.87 bits per heavy atom. The number of nitrogens with one attached hydrogen (secondary N) is 1. The second kappa shape index (κ2) is 7.65. The number of hydrogen-bond acceptors (Lipinski definition) is 4. The van der Waals surface area contributed by atoms with Crippen molar-refractivity contribution in [2.24, 2.45) is 5.92 Å². The third-order valence-corrected chi connectivity index (χ3v) is 6.71. The summed E-state index contributed by atoms with van der Waals surface area (Å²) in [5.41, 5.74) is 0.813. The molecular weight excluding hydrogens is 334 g/mol. The Morgan fingerprint density at radius 1 is 1.26 bits per heavy atom. The average molecular weight is 358 g/mol. The van der Waals surface area contributed by atoms with Crippen molar-refractivity contribution in [2.75, 3.05) is 38.8 Å². The number of piperidine rings is 1. The Hall–Kier alpha value is -1.09. The summed E-state index contributed by atoms with van der Waals surface area (Å²) >= 11 is 1.58. The van der Waals surface area contributed by atoms with E-state index in [4.69, 9.17) is 0 Å². The molecule has 0 spiro atoms. The minimum Gasteiger partial charge on any atom is -0.325 e. The monoisotopic (exact) mass is 357 g/mol. The molecule has 128 valence electrons. The van der Waals surface area contributed by atoms with Crippen LogP contribution in [0.3, 0.4) is 0 Å². The van der Waals surface area contributed by atoms with Crippen LogP contribution in [0.1, 0.15) is 12.8 Å². The fraction of sp³-hybridized carbons (Fsp3) is 0.533. The lowest BCUT2D eigenvalue weighted by Gasteiger charge is -2.32. The third kappa shape index (κ3) is 4.26. The molecule has 6 nitrogen and oxygen atoms in total. The van der Waals surface area contributed by atoms with Crippen molar-refractivity contribution < 1.29 is 13.2 Å². The van der Waals surface area contributed by atoms with Crippen LogP contribution in [0.2, 0.25) is 0 Å². The molecule has 1 aromatic rings. The first-order valence-corrected chi connectivity index (χ1v) is 10.1. The number of thioether (sulfide) groups is 1. The maximum absolute atomic E-state index is 12.4. The van der Waals surface area contributed by atoms with Crippen LogP contribution in [0.15, 0.2) is 29.2 Å². The Kier molecular flexibility index (Phi) is 6.07. The molecular formula is C15H23N3O3S2. The predicted molar refractivity (Wildman–Crippen MR) is 93.8 cm³/mol. The molecule has 23 heavy (non-hydrogen) atoms. The maximum Gasteiger partial charge on any atom is 0.281 e. The van der Waals surface area contributed by atoms with Gasteiger partial charge in [0, 0.05) is 38.0 Å². The molecule has 1 N–H and O–H groups in total. The van der Waals surface area contributed by atoms with Crippen LogP contribution in [-0.2, 0) is 15.0 Å². The molecule has 0 radical (unpaired) electrons. The van der Waals surface area contributed by atoms with Crippen molar-refractivity contribution in [1.29, 1.82) is 0 Å². The third-order valence-electron chi connectivity index (χ3n) is 3.98. The van der Waals surface area contributed by atoms with Gasteiger partial charge in [-0.2, -0.15) is 17.0 Å². The molecule has 0 atom stereocenters. The minimum absolute atomic E-state index is 0.0339. The lowest BCUT2D eigenvalue weighted by molar-refractivity contribution is -0.120. The van der Waals surface area contributed by atoms with Crippen LogP contribution >= 0.6 is 11.8 Å². The van der Waals surface area contributed by atoms with Crippen molar-refractivity contribution in [3.8, 4) is 0 Å². The highest BCUT2D eigenvalue weighted by atomic mass is 32.2. The number of nitrogens with zero attached hydrogens (tertiary/aromatic N) is 2. The first kappa shape index (κ1) is 18.3. The van der Waals surface area contributed by atoms with E-state index in [1.165, 1.54) is 22.7 Å². The zero-order valence-corrected chi connectivity index (χ0v) is 15.3. The van der Waals surface area contributed by atoms with Crippen LogP contribution in [-0.4, -0.2) is 56.4 Å². The molecule has 8 heteroatoms. The fourth-order valence-electron chi connectivity index (χ4n) is 2.56. The highest BCUT2D eigenvalue weighted by molar-refractivity contribution is 7.98. The second-order valence-corrected chi connectivity index (χ2v) is 8.64. The minimum atomic E-state index is -3.39. The van der Waals surface area contributed by atoms with Crippen molar-refractivity contribution in [3.05, 3.63) is 24.3 Å². The van der Waals surface area contributed by atoms with Crippen LogP contribution in [0.25, 0.3) is 0 Å². The summed E-state index contributed by atoms with van der Waals surface area (Å²) in [7, 11) is -0.344. The Morgan fingerprint density at radius 3 is 2.43 bits per heavy atom. The van der Waals surface area contributed by atoms with Gasteiger partial charge < -0.3 is 5.32 Å². The first-order valence-electron chi connectivity index (χ1n) is 7.47. The van der Waals surface area contributed by atoms with E-state index in [0.717, 1.165) is 10.6 Å². The van der Waals surface area contributed by atoms with Crippen molar-refractivity contribution >= 4 is 33.6 Å². The van der Waals surface area contributed by atoms with E-state index in [-0.39, 0.29) is 11.8 Å². The fourth-order valence-corrected chi connectivity index (χ4v) is 4.25. The lowest BCUT2D eigenvalue weighted by Crippen LogP contribution is -2.46. The van der Waals surface area contributed by atoms with E-state index in [0.29, 0.717) is 25.9 Å². The molecule has 2 rings (SSSR count). The van der Waals surface area contributed by atoms with Gasteiger partial charge in [-0.1, -0.05) is 12.1 Å². The van der Waals surface area contributed by atoms with Gasteiger partial charge in [0.1, 0.15) is 0 Å². The average Bonchev–Trinajstić information content (AvgIpc) is 2.55. The van der Waals surface area contributed by atoms with Crippen LogP contribution in [0.4, 0.5) is 5.69 Å². The lowest BCUT2D eigenvalue weighted by atomic mass is 9.97. The van der Waals surface area contributed by atoms with Gasteiger partial charge in [0.15, 0.2) is 0 Å². The summed E-state index contributed by atoms with van der Waals surface area (Å²) in [5.74, 6) is -0.188. The number of carbonyl (C=O) groups excluding carboxylic acids is 1. The number of para-hydroxylation sites is 1. The molecule has 0 unspecified atom stereocenters. The SMILES string of the molecule is CSc1ccccc1NC(=O)C1CCN(S(=O)(=O)N(C)C)CC1. The number of benzene rings is 1. The number of hydrogen-bond donors (Lipinski definition) is 1. The molecule has 1 aromatic carbocycles. The van der Waals surface area contributed by atoms with E-state index >= 15 is 0 Å². The van der Waals surface area contributed by atoms with Crippen LogP contribution in [0, 0.1) is 5.92 Å². The summed E-state index contributed by atoms with van der Waals surface area (Å²) in [6, 6.07) is 7.68. The number of carbonyl (C=O) groups is 1. The van der Waals surface area contributed by atoms with Crippen molar-refractivity contribution in [3.63, 3.8) is 0 Å². The topological polar surface area (TPSA) is 69.7 Å². The van der Waals surface area contributed by atoms with Crippen LogP contribution < -0.4 is 5.32 Å². The van der Waals surface area contributed by atoms with Gasteiger partial charge in [-0.25, -0.2) is 0 Å². The van der Waals surface area contributed by atoms with Gasteiger partial charge in [0.25, 0.3) is 10.2 Å². The Balaban J connectivity index is 1.96. The summed E-state index contributed by atoms with van der Waals surface area (Å²) in [6.07, 6.45) is 3.05. The molecule has 1 saturated heterocycles.